The highest BCUT2D eigenvalue weighted by molar-refractivity contribution is 5.66. The number of hydrogen-bond donors (Lipinski definition) is 0. The molecule has 0 bridgehead atoms. The van der Waals surface area contributed by atoms with Crippen molar-refractivity contribution in [1.82, 2.24) is 0 Å². The van der Waals surface area contributed by atoms with E-state index in [4.69, 9.17) is 4.74 Å². The van der Waals surface area contributed by atoms with E-state index in [0.29, 0.717) is 27.6 Å². The third kappa shape index (κ3) is 3.08. The van der Waals surface area contributed by atoms with Gasteiger partial charge in [-0.3, -0.25) is 4.79 Å². The van der Waals surface area contributed by atoms with Crippen molar-refractivity contribution in [1.29, 1.82) is 0 Å². The number of ether oxygens (including phenoxy) is 1. The molecule has 2 nitrogen and oxygen atoms in total. The fourth-order valence-electron chi connectivity index (χ4n) is 11.2. The summed E-state index contributed by atoms with van der Waals surface area (Å²) in [5.74, 6) is 2.88. The first-order valence-corrected chi connectivity index (χ1v) is 14.6. The van der Waals surface area contributed by atoms with Gasteiger partial charge in [0, 0.05) is 12.3 Å². The van der Waals surface area contributed by atoms with Crippen LogP contribution in [-0.4, -0.2) is 12.1 Å². The molecule has 0 N–H and O–H groups in total. The predicted molar refractivity (Wildman–Crippen MR) is 140 cm³/mol. The number of allylic oxidation sites excluding steroid dienone is 2. The SMILES string of the molecule is CC(=O)O[C@H]1CC[C@]2(C)[C@H]3CCC4=C5[C@@H](C)[C@H](C)CC[C@]5(C)CC[C@@]4(C)[C@]3(C)CC[C@H]2C1(C)C. The topological polar surface area (TPSA) is 26.3 Å². The molecule has 34 heavy (non-hydrogen) atoms. The Balaban J connectivity index is 1.55. The fraction of sp³-hybridized carbons (Fsp3) is 0.906. The molecule has 0 heterocycles. The van der Waals surface area contributed by atoms with Crippen LogP contribution >= 0.6 is 0 Å². The molecule has 0 saturated heterocycles. The second kappa shape index (κ2) is 7.61. The first-order valence-electron chi connectivity index (χ1n) is 14.6. The van der Waals surface area contributed by atoms with Gasteiger partial charge in [-0.2, -0.15) is 0 Å². The van der Waals surface area contributed by atoms with Crippen molar-refractivity contribution in [3.05, 3.63) is 11.1 Å². The van der Waals surface area contributed by atoms with Gasteiger partial charge in [0.05, 0.1) is 0 Å². The molecule has 0 aromatic rings. The van der Waals surface area contributed by atoms with Crippen LogP contribution in [0.5, 0.6) is 0 Å². The van der Waals surface area contributed by atoms with Crippen LogP contribution in [0.3, 0.4) is 0 Å². The molecular weight excluding hydrogens is 416 g/mol. The van der Waals surface area contributed by atoms with Crippen molar-refractivity contribution < 1.29 is 9.53 Å². The van der Waals surface area contributed by atoms with E-state index in [1.54, 1.807) is 6.92 Å². The maximum absolute atomic E-state index is 11.9. The molecule has 192 valence electrons. The molecule has 9 atom stereocenters. The molecule has 0 unspecified atom stereocenters. The maximum Gasteiger partial charge on any atom is 0.302 e. The summed E-state index contributed by atoms with van der Waals surface area (Å²) in [6.07, 6.45) is 13.2. The van der Waals surface area contributed by atoms with Crippen LogP contribution in [0.1, 0.15) is 127 Å². The monoisotopic (exact) mass is 468 g/mol. The smallest absolute Gasteiger partial charge is 0.302 e. The second-order valence-electron chi connectivity index (χ2n) is 15.2. The van der Waals surface area contributed by atoms with Crippen LogP contribution in [0.2, 0.25) is 0 Å². The van der Waals surface area contributed by atoms with Crippen LogP contribution in [-0.2, 0) is 9.53 Å². The molecule has 4 fully saturated rings. The quantitative estimate of drug-likeness (QED) is 0.284. The predicted octanol–water partition coefficient (Wildman–Crippen LogP) is 8.74. The molecule has 5 aliphatic carbocycles. The number of fused-ring (bicyclic) bond motifs is 6. The van der Waals surface area contributed by atoms with Crippen LogP contribution < -0.4 is 0 Å². The number of rotatable bonds is 1. The van der Waals surface area contributed by atoms with Gasteiger partial charge in [-0.1, -0.05) is 66.5 Å². The minimum atomic E-state index is -0.107. The molecular formula is C32H52O2. The van der Waals surface area contributed by atoms with Crippen LogP contribution in [0, 0.1) is 50.7 Å². The van der Waals surface area contributed by atoms with Crippen molar-refractivity contribution in [2.75, 3.05) is 0 Å². The Morgan fingerprint density at radius 2 is 1.53 bits per heavy atom. The third-order valence-electron chi connectivity index (χ3n) is 13.5. The van der Waals surface area contributed by atoms with E-state index in [9.17, 15) is 4.79 Å². The molecule has 2 heteroatoms. The molecule has 4 saturated carbocycles. The third-order valence-corrected chi connectivity index (χ3v) is 13.5. The van der Waals surface area contributed by atoms with Crippen molar-refractivity contribution >= 4 is 5.97 Å². The molecule has 0 aliphatic heterocycles. The van der Waals surface area contributed by atoms with E-state index in [1.807, 2.05) is 11.1 Å². The van der Waals surface area contributed by atoms with Gasteiger partial charge < -0.3 is 4.74 Å². The summed E-state index contributed by atoms with van der Waals surface area (Å²) in [7, 11) is 0. The number of hydrogen-bond acceptors (Lipinski definition) is 2. The summed E-state index contributed by atoms with van der Waals surface area (Å²) in [6.45, 7) is 22.1. The van der Waals surface area contributed by atoms with E-state index in [2.05, 4.69) is 55.4 Å². The standard InChI is InChI=1S/C32H52O2/c1-20-12-15-29(6)18-19-31(8)23(27(29)21(20)2)10-11-25-30(7)16-14-26(34-22(3)33)28(4,5)24(30)13-17-32(25,31)9/h20-21,24-26H,10-19H2,1-9H3/t20-,21+,24+,25-,26+,29-,30+,31-,32-/m1/s1. The molecule has 0 aromatic heterocycles. The summed E-state index contributed by atoms with van der Waals surface area (Å²) >= 11 is 0. The average molecular weight is 469 g/mol. The van der Waals surface area contributed by atoms with Gasteiger partial charge >= 0.3 is 5.97 Å². The summed E-state index contributed by atoms with van der Waals surface area (Å²) < 4.78 is 5.91. The first kappa shape index (κ1) is 24.9. The Morgan fingerprint density at radius 3 is 2.21 bits per heavy atom. The minimum Gasteiger partial charge on any atom is -0.462 e. The van der Waals surface area contributed by atoms with Gasteiger partial charge in [-0.05, 0) is 110 Å². The highest BCUT2D eigenvalue weighted by Crippen LogP contribution is 2.75. The Hall–Kier alpha value is -0.790. The summed E-state index contributed by atoms with van der Waals surface area (Å²) in [6, 6.07) is 0. The Bertz CT molecular complexity index is 899. The first-order chi connectivity index (χ1) is 15.7. The molecule has 5 aliphatic rings. The highest BCUT2D eigenvalue weighted by atomic mass is 16.5. The van der Waals surface area contributed by atoms with Gasteiger partial charge in [0.25, 0.3) is 0 Å². The Morgan fingerprint density at radius 1 is 0.824 bits per heavy atom. The normalized spacial score (nSPS) is 52.1. The average Bonchev–Trinajstić information content (AvgIpc) is 2.74. The van der Waals surface area contributed by atoms with Gasteiger partial charge in [-0.15, -0.1) is 0 Å². The molecule has 0 radical (unpaired) electrons. The summed E-state index contributed by atoms with van der Waals surface area (Å²) in [4.78, 5) is 11.9. The van der Waals surface area contributed by atoms with Crippen LogP contribution in [0.15, 0.2) is 11.1 Å². The number of carbonyl (C=O) groups is 1. The largest absolute Gasteiger partial charge is 0.462 e. The zero-order valence-corrected chi connectivity index (χ0v) is 23.8. The zero-order valence-electron chi connectivity index (χ0n) is 23.8. The molecule has 5 rings (SSSR count). The minimum absolute atomic E-state index is 0.0537. The maximum atomic E-state index is 11.9. The van der Waals surface area contributed by atoms with E-state index >= 15 is 0 Å². The van der Waals surface area contributed by atoms with Crippen molar-refractivity contribution in [2.45, 2.75) is 133 Å². The van der Waals surface area contributed by atoms with E-state index in [-0.39, 0.29) is 17.5 Å². The summed E-state index contributed by atoms with van der Waals surface area (Å²) in [5, 5.41) is 0. The molecule has 0 aromatic carbocycles. The molecule has 0 amide bonds. The van der Waals surface area contributed by atoms with E-state index in [1.165, 1.54) is 57.8 Å². The van der Waals surface area contributed by atoms with E-state index < -0.39 is 0 Å². The van der Waals surface area contributed by atoms with Gasteiger partial charge in [0.1, 0.15) is 6.10 Å². The van der Waals surface area contributed by atoms with Crippen molar-refractivity contribution in [3.8, 4) is 0 Å². The van der Waals surface area contributed by atoms with Crippen molar-refractivity contribution in [3.63, 3.8) is 0 Å². The number of esters is 1. The lowest BCUT2D eigenvalue weighted by atomic mass is 9.34. The Kier molecular flexibility index (Phi) is 5.57. The van der Waals surface area contributed by atoms with Crippen LogP contribution in [0.4, 0.5) is 0 Å². The highest BCUT2D eigenvalue weighted by Gasteiger charge is 2.67. The zero-order chi connectivity index (χ0) is 24.9. The Labute approximate surface area is 210 Å². The number of carbonyl (C=O) groups excluding carboxylic acids is 1. The lowest BCUT2D eigenvalue weighted by Crippen LogP contribution is -2.64. The lowest BCUT2D eigenvalue weighted by Gasteiger charge is -2.71. The summed E-state index contributed by atoms with van der Waals surface area (Å²) in [5.41, 5.74) is 5.40. The van der Waals surface area contributed by atoms with Crippen LogP contribution in [0.25, 0.3) is 0 Å². The molecule has 0 spiro atoms. The van der Waals surface area contributed by atoms with Gasteiger partial charge in [0.2, 0.25) is 0 Å². The van der Waals surface area contributed by atoms with Gasteiger partial charge in [-0.25, -0.2) is 0 Å². The fourth-order valence-corrected chi connectivity index (χ4v) is 11.2. The van der Waals surface area contributed by atoms with E-state index in [0.717, 1.165) is 24.2 Å². The second-order valence-corrected chi connectivity index (χ2v) is 15.2. The lowest BCUT2D eigenvalue weighted by molar-refractivity contribution is -0.213. The van der Waals surface area contributed by atoms with Gasteiger partial charge in [0.15, 0.2) is 0 Å². The van der Waals surface area contributed by atoms with Crippen molar-refractivity contribution in [2.24, 2.45) is 50.7 Å².